The van der Waals surface area contributed by atoms with Gasteiger partial charge < -0.3 is 0 Å². The Bertz CT molecular complexity index is 722. The molecule has 0 aliphatic rings. The largest absolute Gasteiger partial charge is 0.279 e. The Morgan fingerprint density at radius 2 is 1.89 bits per heavy atom. The average molecular weight is 382 g/mol. The first-order valence-corrected chi connectivity index (χ1v) is 8.01. The lowest BCUT2D eigenvalue weighted by atomic mass is 10.3. The van der Waals surface area contributed by atoms with Crippen molar-refractivity contribution in [2.45, 2.75) is 4.90 Å². The normalized spacial score (nSPS) is 11.3. The Morgan fingerprint density at radius 1 is 1.16 bits per heavy atom. The van der Waals surface area contributed by atoms with Crippen LogP contribution in [-0.2, 0) is 10.0 Å². The summed E-state index contributed by atoms with van der Waals surface area (Å²) in [5, 5.41) is 0.503. The van der Waals surface area contributed by atoms with Gasteiger partial charge in [-0.2, -0.15) is 0 Å². The van der Waals surface area contributed by atoms with E-state index in [9.17, 15) is 8.42 Å². The van der Waals surface area contributed by atoms with Crippen LogP contribution >= 0.6 is 39.1 Å². The van der Waals surface area contributed by atoms with Crippen molar-refractivity contribution in [3.63, 3.8) is 0 Å². The molecule has 2 rings (SSSR count). The van der Waals surface area contributed by atoms with E-state index in [1.807, 2.05) is 0 Å². The molecule has 0 atom stereocenters. The quantitative estimate of drug-likeness (QED) is 0.875. The SMILES string of the molecule is O=S(=O)(Nc1ccc(Br)c(Cl)c1)c1cnccc1Cl. The fourth-order valence-corrected chi connectivity index (χ4v) is 3.24. The molecule has 1 heterocycles. The topological polar surface area (TPSA) is 59.1 Å². The number of hydrogen-bond donors (Lipinski definition) is 1. The van der Waals surface area contributed by atoms with Gasteiger partial charge >= 0.3 is 0 Å². The highest BCUT2D eigenvalue weighted by Crippen LogP contribution is 2.28. The first kappa shape index (κ1) is 14.6. The molecule has 0 saturated heterocycles. The molecule has 4 nitrogen and oxygen atoms in total. The van der Waals surface area contributed by atoms with E-state index < -0.39 is 10.0 Å². The van der Waals surface area contributed by atoms with Gasteiger partial charge in [-0.1, -0.05) is 23.2 Å². The summed E-state index contributed by atoms with van der Waals surface area (Å²) in [5.74, 6) is 0. The van der Waals surface area contributed by atoms with E-state index in [1.165, 1.54) is 24.5 Å². The van der Waals surface area contributed by atoms with Crippen LogP contribution < -0.4 is 4.72 Å². The van der Waals surface area contributed by atoms with Gasteiger partial charge in [-0.15, -0.1) is 0 Å². The van der Waals surface area contributed by atoms with Crippen molar-refractivity contribution in [3.05, 3.63) is 51.2 Å². The molecule has 19 heavy (non-hydrogen) atoms. The van der Waals surface area contributed by atoms with Gasteiger partial charge in [-0.05, 0) is 40.2 Å². The number of sulfonamides is 1. The van der Waals surface area contributed by atoms with Crippen molar-refractivity contribution in [1.82, 2.24) is 4.98 Å². The van der Waals surface area contributed by atoms with Crippen molar-refractivity contribution in [3.8, 4) is 0 Å². The smallest absolute Gasteiger partial charge is 0.264 e. The molecule has 1 aromatic carbocycles. The van der Waals surface area contributed by atoms with Crippen LogP contribution in [0.15, 0.2) is 46.0 Å². The zero-order valence-corrected chi connectivity index (χ0v) is 13.2. The number of aromatic nitrogens is 1. The second-order valence-corrected chi connectivity index (χ2v) is 6.86. The molecule has 0 radical (unpaired) electrons. The van der Waals surface area contributed by atoms with Crippen LogP contribution in [-0.4, -0.2) is 13.4 Å². The first-order valence-electron chi connectivity index (χ1n) is 4.97. The van der Waals surface area contributed by atoms with Crippen LogP contribution in [0.1, 0.15) is 0 Å². The van der Waals surface area contributed by atoms with Crippen molar-refractivity contribution in [2.24, 2.45) is 0 Å². The molecule has 0 fully saturated rings. The number of anilines is 1. The molecular weight excluding hydrogens is 375 g/mol. The van der Waals surface area contributed by atoms with Crippen LogP contribution in [0.25, 0.3) is 0 Å². The molecule has 8 heteroatoms. The molecule has 0 bridgehead atoms. The number of hydrogen-bond acceptors (Lipinski definition) is 3. The van der Waals surface area contributed by atoms with Crippen LogP contribution in [0.3, 0.4) is 0 Å². The molecular formula is C11H7BrCl2N2O2S. The maximum atomic E-state index is 12.1. The molecule has 0 spiro atoms. The van der Waals surface area contributed by atoms with E-state index in [2.05, 4.69) is 25.6 Å². The number of nitrogens with zero attached hydrogens (tertiary/aromatic N) is 1. The van der Waals surface area contributed by atoms with Crippen LogP contribution in [0.2, 0.25) is 10.0 Å². The summed E-state index contributed by atoms with van der Waals surface area (Å²) in [4.78, 5) is 3.66. The molecule has 1 N–H and O–H groups in total. The van der Waals surface area contributed by atoms with Crippen molar-refractivity contribution in [2.75, 3.05) is 4.72 Å². The molecule has 0 aliphatic carbocycles. The summed E-state index contributed by atoms with van der Waals surface area (Å²) in [6.07, 6.45) is 2.60. The zero-order chi connectivity index (χ0) is 14.0. The molecule has 2 aromatic rings. The lowest BCUT2D eigenvalue weighted by molar-refractivity contribution is 0.601. The van der Waals surface area contributed by atoms with Gasteiger partial charge in [0, 0.05) is 16.9 Å². The maximum Gasteiger partial charge on any atom is 0.264 e. The minimum absolute atomic E-state index is 0.0873. The molecule has 0 aliphatic heterocycles. The van der Waals surface area contributed by atoms with Gasteiger partial charge in [-0.3, -0.25) is 9.71 Å². The lowest BCUT2D eigenvalue weighted by Gasteiger charge is -2.09. The average Bonchev–Trinajstić information content (AvgIpc) is 2.34. The summed E-state index contributed by atoms with van der Waals surface area (Å²) < 4.78 is 27.3. The zero-order valence-electron chi connectivity index (χ0n) is 9.27. The predicted molar refractivity (Wildman–Crippen MR) is 79.2 cm³/mol. The third-order valence-electron chi connectivity index (χ3n) is 2.20. The van der Waals surface area contributed by atoms with Crippen molar-refractivity contribution < 1.29 is 8.42 Å². The minimum Gasteiger partial charge on any atom is -0.279 e. The van der Waals surface area contributed by atoms with Crippen molar-refractivity contribution in [1.29, 1.82) is 0 Å². The Kier molecular flexibility index (Phi) is 4.35. The maximum absolute atomic E-state index is 12.1. The lowest BCUT2D eigenvalue weighted by Crippen LogP contribution is -2.13. The van der Waals surface area contributed by atoms with Gasteiger partial charge in [0.2, 0.25) is 0 Å². The van der Waals surface area contributed by atoms with Gasteiger partial charge in [0.25, 0.3) is 10.0 Å². The Labute approximate surface area is 128 Å². The van der Waals surface area contributed by atoms with Crippen LogP contribution in [0.4, 0.5) is 5.69 Å². The number of rotatable bonds is 3. The third-order valence-corrected chi connectivity index (χ3v) is 5.28. The van der Waals surface area contributed by atoms with Crippen LogP contribution in [0.5, 0.6) is 0 Å². The fourth-order valence-electron chi connectivity index (χ4n) is 1.33. The summed E-state index contributed by atoms with van der Waals surface area (Å²) in [5.41, 5.74) is 0.341. The van der Waals surface area contributed by atoms with E-state index >= 15 is 0 Å². The van der Waals surface area contributed by atoms with E-state index in [4.69, 9.17) is 23.2 Å². The van der Waals surface area contributed by atoms with E-state index in [-0.39, 0.29) is 9.92 Å². The van der Waals surface area contributed by atoms with Crippen molar-refractivity contribution >= 4 is 54.8 Å². The predicted octanol–water partition coefficient (Wildman–Crippen LogP) is 3.95. The summed E-state index contributed by atoms with van der Waals surface area (Å²) in [7, 11) is -3.79. The fraction of sp³-hybridized carbons (Fsp3) is 0. The van der Waals surface area contributed by atoms with Gasteiger partial charge in [0.05, 0.1) is 15.7 Å². The Morgan fingerprint density at radius 3 is 2.53 bits per heavy atom. The van der Waals surface area contributed by atoms with Gasteiger partial charge in [-0.25, -0.2) is 8.42 Å². The van der Waals surface area contributed by atoms with E-state index in [0.29, 0.717) is 15.2 Å². The number of nitrogens with one attached hydrogen (secondary N) is 1. The van der Waals surface area contributed by atoms with E-state index in [0.717, 1.165) is 0 Å². The highest BCUT2D eigenvalue weighted by Gasteiger charge is 2.18. The summed E-state index contributed by atoms with van der Waals surface area (Å²) in [6, 6.07) is 6.13. The summed E-state index contributed by atoms with van der Waals surface area (Å²) in [6.45, 7) is 0. The third kappa shape index (κ3) is 3.39. The standard InChI is InChI=1S/C11H7BrCl2N2O2S/c12-8-2-1-7(5-10(8)14)16-19(17,18)11-6-15-4-3-9(11)13/h1-6,16H. The molecule has 0 unspecified atom stereocenters. The monoisotopic (exact) mass is 380 g/mol. The Balaban J connectivity index is 2.37. The van der Waals surface area contributed by atoms with Crippen LogP contribution in [0, 0.1) is 0 Å². The highest BCUT2D eigenvalue weighted by atomic mass is 79.9. The van der Waals surface area contributed by atoms with Gasteiger partial charge in [0.1, 0.15) is 4.90 Å². The number of halogens is 3. The second-order valence-electron chi connectivity index (χ2n) is 3.54. The van der Waals surface area contributed by atoms with Gasteiger partial charge in [0.15, 0.2) is 0 Å². The Hall–Kier alpha value is -0.820. The highest BCUT2D eigenvalue weighted by molar-refractivity contribution is 9.10. The second kappa shape index (κ2) is 5.66. The summed E-state index contributed by atoms with van der Waals surface area (Å²) >= 11 is 15.0. The molecule has 1 aromatic heterocycles. The number of benzene rings is 1. The molecule has 0 saturated carbocycles. The minimum atomic E-state index is -3.79. The molecule has 0 amide bonds. The number of pyridine rings is 1. The van der Waals surface area contributed by atoms with E-state index in [1.54, 1.807) is 12.1 Å². The first-order chi connectivity index (χ1) is 8.90. The molecule has 100 valence electrons.